The number of nitro benzene ring substituents is 1. The van der Waals surface area contributed by atoms with Crippen molar-refractivity contribution >= 4 is 33.2 Å². The molecule has 8 rings (SSSR count). The van der Waals surface area contributed by atoms with E-state index >= 15 is 0 Å². The van der Waals surface area contributed by atoms with Gasteiger partial charge in [-0.15, -0.1) is 12.8 Å². The standard InChI is InChI=1S/C27H23N3O4.C27H25N3O2/c1-4-15-34-22-13-14-25-23(16-22)26(20-11-9-19(10-12-20)18(2)3)28-27(31)29(25)17-21-7-5-6-8-24(21)30(32)33;1-4-15-32-23-13-14-25-24(16-23)26(21-9-7-20(8-10-21)18(2)3)29-27(31)30(25)17-19-5-11-22(28)12-6-19/h1,5-14,16,18H,15,17H2,2-3H3;1,5-14,16,18H,15,17,28H2,2-3H3. The number of rotatable bonds is 13. The predicted molar refractivity (Wildman–Crippen MR) is 262 cm³/mol. The average molecular weight is 877 g/mol. The molecule has 0 saturated heterocycles. The van der Waals surface area contributed by atoms with Crippen molar-refractivity contribution in [3.05, 3.63) is 187 Å². The first-order chi connectivity index (χ1) is 31.8. The van der Waals surface area contributed by atoms with Crippen LogP contribution in [0.25, 0.3) is 44.3 Å². The molecule has 330 valence electrons. The van der Waals surface area contributed by atoms with Crippen LogP contribution >= 0.6 is 0 Å². The van der Waals surface area contributed by atoms with Gasteiger partial charge in [-0.25, -0.2) is 9.59 Å². The molecular formula is C54H48N6O6. The van der Waals surface area contributed by atoms with Crippen LogP contribution in [0.3, 0.4) is 0 Å². The van der Waals surface area contributed by atoms with Crippen molar-refractivity contribution in [2.75, 3.05) is 18.9 Å². The maximum atomic E-state index is 13.2. The van der Waals surface area contributed by atoms with Crippen LogP contribution in [0.1, 0.15) is 61.8 Å². The third-order valence-electron chi connectivity index (χ3n) is 11.1. The molecule has 66 heavy (non-hydrogen) atoms. The molecule has 0 bridgehead atoms. The van der Waals surface area contributed by atoms with Crippen LogP contribution in [0.2, 0.25) is 0 Å². The Morgan fingerprint density at radius 2 is 1.09 bits per heavy atom. The Labute approximate surface area is 382 Å². The summed E-state index contributed by atoms with van der Waals surface area (Å²) < 4.78 is 14.3. The van der Waals surface area contributed by atoms with E-state index in [2.05, 4.69) is 61.6 Å². The molecule has 6 aromatic carbocycles. The zero-order chi connectivity index (χ0) is 46.9. The molecule has 8 aromatic rings. The van der Waals surface area contributed by atoms with Gasteiger partial charge in [-0.05, 0) is 77.1 Å². The number of ether oxygens (including phenoxy) is 2. The molecular weight excluding hydrogens is 829 g/mol. The summed E-state index contributed by atoms with van der Waals surface area (Å²) in [4.78, 5) is 46.2. The Kier molecular flexibility index (Phi) is 14.0. The molecule has 0 saturated carbocycles. The van der Waals surface area contributed by atoms with E-state index in [-0.39, 0.29) is 31.1 Å². The summed E-state index contributed by atoms with van der Waals surface area (Å²) in [5.74, 6) is 6.90. The minimum Gasteiger partial charge on any atom is -0.481 e. The maximum absolute atomic E-state index is 13.2. The van der Waals surface area contributed by atoms with E-state index in [1.165, 1.54) is 21.8 Å². The molecule has 2 N–H and O–H groups in total. The molecule has 12 heteroatoms. The van der Waals surface area contributed by atoms with E-state index in [1.807, 2.05) is 78.9 Å². The van der Waals surface area contributed by atoms with Crippen molar-refractivity contribution in [2.45, 2.75) is 52.6 Å². The number of hydrogen-bond acceptors (Lipinski definition) is 9. The number of nitrogens with zero attached hydrogens (tertiary/aromatic N) is 5. The molecule has 0 aliphatic heterocycles. The molecule has 0 aliphatic carbocycles. The van der Waals surface area contributed by atoms with Crippen molar-refractivity contribution in [1.29, 1.82) is 0 Å². The highest BCUT2D eigenvalue weighted by Crippen LogP contribution is 2.32. The second kappa shape index (κ2) is 20.4. The number of aromatic nitrogens is 4. The number of nitro groups is 1. The highest BCUT2D eigenvalue weighted by atomic mass is 16.6. The molecule has 0 amide bonds. The van der Waals surface area contributed by atoms with Crippen molar-refractivity contribution in [2.24, 2.45) is 0 Å². The number of nitrogens with two attached hydrogens (primary N) is 1. The molecule has 0 spiro atoms. The van der Waals surface area contributed by atoms with Gasteiger partial charge in [0, 0.05) is 39.2 Å². The van der Waals surface area contributed by atoms with Gasteiger partial charge in [0.2, 0.25) is 0 Å². The molecule has 12 nitrogen and oxygen atoms in total. The Morgan fingerprint density at radius 1 is 0.636 bits per heavy atom. The summed E-state index contributed by atoms with van der Waals surface area (Å²) in [7, 11) is 0. The molecule has 2 aromatic heterocycles. The summed E-state index contributed by atoms with van der Waals surface area (Å²) >= 11 is 0. The molecule has 0 unspecified atom stereocenters. The van der Waals surface area contributed by atoms with Gasteiger partial charge in [-0.3, -0.25) is 19.2 Å². The normalized spacial score (nSPS) is 10.9. The summed E-state index contributed by atoms with van der Waals surface area (Å²) in [5.41, 5.74) is 13.6. The fraction of sp³-hybridized carbons (Fsp3) is 0.185. The van der Waals surface area contributed by atoms with Crippen molar-refractivity contribution < 1.29 is 14.4 Å². The first-order valence-corrected chi connectivity index (χ1v) is 21.3. The van der Waals surface area contributed by atoms with Crippen LogP contribution in [0, 0.1) is 34.8 Å². The van der Waals surface area contributed by atoms with Gasteiger partial charge in [0.1, 0.15) is 24.7 Å². The van der Waals surface area contributed by atoms with Crippen LogP contribution in [0.4, 0.5) is 11.4 Å². The zero-order valence-electron chi connectivity index (χ0n) is 37.1. The summed E-state index contributed by atoms with van der Waals surface area (Å²) in [6, 6.07) is 40.8. The SMILES string of the molecule is C#CCOc1ccc2c(c1)c(-c1ccc(C(C)C)cc1)nc(=O)n2Cc1ccc(N)cc1.C#CCOc1ccc2c(c1)c(-c1ccc(C(C)C)cc1)nc(=O)n2Cc1ccccc1[N+](=O)[O-]. The fourth-order valence-electron chi connectivity index (χ4n) is 7.54. The van der Waals surface area contributed by atoms with Crippen LogP contribution in [0.15, 0.2) is 143 Å². The third kappa shape index (κ3) is 10.3. The highest BCUT2D eigenvalue weighted by molar-refractivity contribution is 5.94. The summed E-state index contributed by atoms with van der Waals surface area (Å²) in [5, 5.41) is 13.0. The first-order valence-electron chi connectivity index (χ1n) is 21.3. The van der Waals surface area contributed by atoms with Crippen molar-refractivity contribution in [1.82, 2.24) is 19.1 Å². The number of terminal acetylenes is 2. The lowest BCUT2D eigenvalue weighted by atomic mass is 9.99. The minimum absolute atomic E-state index is 0.0105. The lowest BCUT2D eigenvalue weighted by molar-refractivity contribution is -0.385. The largest absolute Gasteiger partial charge is 0.481 e. The number of benzene rings is 6. The lowest BCUT2D eigenvalue weighted by Crippen LogP contribution is -2.25. The monoisotopic (exact) mass is 876 g/mol. The number of para-hydroxylation sites is 1. The molecule has 0 aliphatic rings. The van der Waals surface area contributed by atoms with E-state index in [9.17, 15) is 19.7 Å². The topological polar surface area (TPSA) is 157 Å². The smallest absolute Gasteiger partial charge is 0.348 e. The van der Waals surface area contributed by atoms with Gasteiger partial charge in [-0.2, -0.15) is 9.97 Å². The van der Waals surface area contributed by atoms with Crippen molar-refractivity contribution in [3.8, 4) is 58.7 Å². The maximum Gasteiger partial charge on any atom is 0.348 e. The number of nitrogen functional groups attached to an aromatic ring is 1. The quantitative estimate of drug-likeness (QED) is 0.0515. The van der Waals surface area contributed by atoms with Crippen LogP contribution in [-0.2, 0) is 13.1 Å². The Bertz CT molecular complexity index is 3250. The van der Waals surface area contributed by atoms with Gasteiger partial charge in [0.05, 0.1) is 40.4 Å². The third-order valence-corrected chi connectivity index (χ3v) is 11.1. The molecule has 0 radical (unpaired) electrons. The van der Waals surface area contributed by atoms with Crippen LogP contribution in [-0.4, -0.2) is 37.2 Å². The minimum atomic E-state index is -0.495. The summed E-state index contributed by atoms with van der Waals surface area (Å²) in [6.07, 6.45) is 10.7. The van der Waals surface area contributed by atoms with E-state index in [0.29, 0.717) is 63.4 Å². The van der Waals surface area contributed by atoms with Crippen LogP contribution in [0.5, 0.6) is 11.5 Å². The van der Waals surface area contributed by atoms with Gasteiger partial charge in [-0.1, -0.05) is 118 Å². The lowest BCUT2D eigenvalue weighted by Gasteiger charge is -2.15. The van der Waals surface area contributed by atoms with E-state index in [0.717, 1.165) is 27.6 Å². The summed E-state index contributed by atoms with van der Waals surface area (Å²) in [6.45, 7) is 9.20. The number of anilines is 1. The number of fused-ring (bicyclic) bond motifs is 2. The average Bonchev–Trinajstić information content (AvgIpc) is 3.32. The van der Waals surface area contributed by atoms with E-state index in [1.54, 1.807) is 41.0 Å². The van der Waals surface area contributed by atoms with E-state index in [4.69, 9.17) is 28.1 Å². The number of hydrogen-bond donors (Lipinski definition) is 1. The van der Waals surface area contributed by atoms with Gasteiger partial charge in [0.15, 0.2) is 0 Å². The first kappa shape index (κ1) is 45.5. The van der Waals surface area contributed by atoms with Crippen LogP contribution < -0.4 is 26.6 Å². The Hall–Kier alpha value is -8.48. The fourth-order valence-corrected chi connectivity index (χ4v) is 7.54. The van der Waals surface area contributed by atoms with Gasteiger partial charge in [0.25, 0.3) is 5.69 Å². The molecule has 0 atom stereocenters. The second-order valence-corrected chi connectivity index (χ2v) is 16.2. The molecule has 2 heterocycles. The van der Waals surface area contributed by atoms with Crippen molar-refractivity contribution in [3.63, 3.8) is 0 Å². The Morgan fingerprint density at radius 3 is 1.53 bits per heavy atom. The highest BCUT2D eigenvalue weighted by Gasteiger charge is 2.19. The zero-order valence-corrected chi connectivity index (χ0v) is 37.1. The second-order valence-electron chi connectivity index (χ2n) is 16.2. The predicted octanol–water partition coefficient (Wildman–Crippen LogP) is 9.98. The molecule has 0 fully saturated rings. The Balaban J connectivity index is 0.000000197. The van der Waals surface area contributed by atoms with E-state index < -0.39 is 10.6 Å². The van der Waals surface area contributed by atoms with Gasteiger partial charge >= 0.3 is 11.4 Å². The van der Waals surface area contributed by atoms with Gasteiger partial charge < -0.3 is 15.2 Å².